The number of anilines is 1. The molecule has 1 saturated heterocycles. The van der Waals surface area contributed by atoms with Gasteiger partial charge in [-0.3, -0.25) is 10.2 Å². The van der Waals surface area contributed by atoms with E-state index in [1.165, 1.54) is 0 Å². The molecule has 0 radical (unpaired) electrons. The summed E-state index contributed by atoms with van der Waals surface area (Å²) in [5, 5.41) is 7.77. The molecule has 4 N–H and O–H groups in total. The van der Waals surface area contributed by atoms with Crippen LogP contribution in [0, 0.1) is 17.2 Å². The minimum absolute atomic E-state index is 0.0652. The summed E-state index contributed by atoms with van der Waals surface area (Å²) < 4.78 is 8.69. The Morgan fingerprint density at radius 2 is 2.28 bits per heavy atom. The van der Waals surface area contributed by atoms with Crippen molar-refractivity contribution in [1.82, 2.24) is 4.90 Å². The Bertz CT molecular complexity index is 621. The highest BCUT2D eigenvalue weighted by Gasteiger charge is 2.25. The molecule has 1 aliphatic rings. The Morgan fingerprint density at radius 3 is 2.92 bits per heavy atom. The van der Waals surface area contributed by atoms with E-state index in [9.17, 15) is 4.79 Å². The second-order valence-electron chi connectivity index (χ2n) is 6.96. The fraction of sp³-hybridized carbons (Fsp3) is 0.556. The van der Waals surface area contributed by atoms with Gasteiger partial charge in [0.05, 0.1) is 17.9 Å². The number of nitrogens with zero attached hydrogens (tertiary/aromatic N) is 1. The number of nitrogens with two attached hydrogens (primary N) is 1. The monoisotopic (exact) mass is 364 g/mol. The molecule has 0 aromatic heterocycles. The minimum atomic E-state index is -0.0652. The van der Waals surface area contributed by atoms with Crippen LogP contribution in [-0.4, -0.2) is 36.3 Å². The highest BCUT2D eigenvalue weighted by Crippen LogP contribution is 2.28. The summed E-state index contributed by atoms with van der Waals surface area (Å²) in [6.45, 7) is 6.19. The van der Waals surface area contributed by atoms with Gasteiger partial charge in [-0.25, -0.2) is 0 Å². The van der Waals surface area contributed by atoms with Crippen molar-refractivity contribution in [3.63, 3.8) is 0 Å². The first-order chi connectivity index (χ1) is 11.9. The fourth-order valence-corrected chi connectivity index (χ4v) is 3.32. The number of rotatable bonds is 7. The van der Waals surface area contributed by atoms with Crippen LogP contribution in [-0.2, 0) is 4.79 Å². The van der Waals surface area contributed by atoms with E-state index < -0.39 is 0 Å². The van der Waals surface area contributed by atoms with Crippen LogP contribution in [0.2, 0.25) is 0 Å². The third-order valence-electron chi connectivity index (χ3n) is 4.35. The van der Waals surface area contributed by atoms with Gasteiger partial charge in [-0.05, 0) is 30.9 Å². The zero-order valence-corrected chi connectivity index (χ0v) is 15.8. The van der Waals surface area contributed by atoms with Gasteiger partial charge < -0.3 is 20.1 Å². The maximum absolute atomic E-state index is 12.3. The molecule has 1 heterocycles. The van der Waals surface area contributed by atoms with Gasteiger partial charge in [0.25, 0.3) is 0 Å². The number of amides is 1. The first-order valence-corrected chi connectivity index (χ1v) is 9.15. The molecule has 1 fully saturated rings. The minimum Gasteiger partial charge on any atom is -0.492 e. The smallest absolute Gasteiger partial charge is 0.222 e. The lowest BCUT2D eigenvalue weighted by Crippen LogP contribution is -2.42. The summed E-state index contributed by atoms with van der Waals surface area (Å²) in [7, 11) is 0. The first-order valence-electron chi connectivity index (χ1n) is 8.70. The Morgan fingerprint density at radius 1 is 1.52 bits per heavy atom. The number of hydrogen-bond acceptors (Lipinski definition) is 5. The quantitative estimate of drug-likeness (QED) is 0.340. The van der Waals surface area contributed by atoms with E-state index in [-0.39, 0.29) is 17.7 Å². The molecule has 7 heteroatoms. The number of benzene rings is 1. The number of hydrogen-bond donors (Lipinski definition) is 4. The van der Waals surface area contributed by atoms with Crippen molar-refractivity contribution < 1.29 is 9.53 Å². The summed E-state index contributed by atoms with van der Waals surface area (Å²) in [6.07, 6.45) is 2.62. The van der Waals surface area contributed by atoms with Crippen LogP contribution in [0.25, 0.3) is 0 Å². The molecule has 25 heavy (non-hydrogen) atoms. The summed E-state index contributed by atoms with van der Waals surface area (Å²) in [6, 6.07) is 5.43. The molecule has 2 rings (SSSR count). The van der Waals surface area contributed by atoms with E-state index in [4.69, 9.17) is 15.9 Å². The van der Waals surface area contributed by atoms with Gasteiger partial charge in [-0.2, -0.15) is 0 Å². The van der Waals surface area contributed by atoms with Crippen molar-refractivity contribution >= 4 is 30.2 Å². The average molecular weight is 365 g/mol. The number of likely N-dealkylation sites (tertiary alicyclic amines) is 1. The van der Waals surface area contributed by atoms with Crippen LogP contribution >= 0.6 is 12.8 Å². The van der Waals surface area contributed by atoms with E-state index in [1.807, 2.05) is 11.0 Å². The predicted octanol–water partition coefficient (Wildman–Crippen LogP) is 2.89. The standard InChI is InChI=1S/C18H28N4O2S/c1-12(2)9-16(23)22-8-4-5-13(10-22)11-24-15-7-3-6-14(21-25)17(15)18(19)20/h3,6-7,12-13,21,25H,4-5,8-11H2,1-2H3,(H3,19,20). The molecule has 0 saturated carbocycles. The summed E-state index contributed by atoms with van der Waals surface area (Å²) in [5.74, 6) is 1.39. The van der Waals surface area contributed by atoms with E-state index >= 15 is 0 Å². The zero-order valence-electron chi connectivity index (χ0n) is 14.9. The van der Waals surface area contributed by atoms with Gasteiger partial charge in [0.1, 0.15) is 11.6 Å². The lowest BCUT2D eigenvalue weighted by Gasteiger charge is -2.33. The van der Waals surface area contributed by atoms with Crippen molar-refractivity contribution in [2.45, 2.75) is 33.1 Å². The molecule has 0 bridgehead atoms. The molecule has 1 aliphatic heterocycles. The highest BCUT2D eigenvalue weighted by molar-refractivity contribution is 7.81. The third-order valence-corrected chi connectivity index (χ3v) is 4.59. The molecular formula is C18H28N4O2S. The second kappa shape index (κ2) is 8.99. The SMILES string of the molecule is CC(C)CC(=O)N1CCCC(COc2cccc(NS)c2C(=N)N)C1. The van der Waals surface area contributed by atoms with Crippen molar-refractivity contribution in [2.75, 3.05) is 24.4 Å². The van der Waals surface area contributed by atoms with Crippen LogP contribution in [0.1, 0.15) is 38.7 Å². The number of carbonyl (C=O) groups is 1. The van der Waals surface area contributed by atoms with Crippen molar-refractivity contribution in [2.24, 2.45) is 17.6 Å². The Hall–Kier alpha value is -1.89. The Labute approximate surface area is 155 Å². The van der Waals surface area contributed by atoms with Gasteiger partial charge >= 0.3 is 0 Å². The van der Waals surface area contributed by atoms with E-state index in [0.717, 1.165) is 25.9 Å². The second-order valence-corrected chi connectivity index (χ2v) is 7.18. The summed E-state index contributed by atoms with van der Waals surface area (Å²) in [5.41, 5.74) is 6.84. The first kappa shape index (κ1) is 19.4. The molecule has 1 unspecified atom stereocenters. The molecule has 138 valence electrons. The normalized spacial score (nSPS) is 17.4. The topological polar surface area (TPSA) is 91.4 Å². The van der Waals surface area contributed by atoms with Gasteiger partial charge in [0.2, 0.25) is 5.91 Å². The Balaban J connectivity index is 1.99. The molecule has 0 spiro atoms. The van der Waals surface area contributed by atoms with Crippen molar-refractivity contribution in [3.8, 4) is 5.75 Å². The summed E-state index contributed by atoms with van der Waals surface area (Å²) >= 11 is 4.05. The molecule has 1 aromatic rings. The predicted molar refractivity (Wildman–Crippen MR) is 104 cm³/mol. The number of amidine groups is 1. The van der Waals surface area contributed by atoms with Gasteiger partial charge in [0.15, 0.2) is 0 Å². The molecule has 1 aromatic carbocycles. The number of ether oxygens (including phenoxy) is 1. The van der Waals surface area contributed by atoms with Crippen LogP contribution in [0.5, 0.6) is 5.75 Å². The average Bonchev–Trinajstić information content (AvgIpc) is 2.59. The van der Waals surface area contributed by atoms with Crippen LogP contribution in [0.15, 0.2) is 18.2 Å². The molecule has 1 amide bonds. The maximum atomic E-state index is 12.3. The zero-order chi connectivity index (χ0) is 18.4. The molecular weight excluding hydrogens is 336 g/mol. The maximum Gasteiger partial charge on any atom is 0.222 e. The largest absolute Gasteiger partial charge is 0.492 e. The molecule has 0 aliphatic carbocycles. The summed E-state index contributed by atoms with van der Waals surface area (Å²) in [4.78, 5) is 14.2. The number of carbonyl (C=O) groups excluding carboxylic acids is 1. The number of nitrogen functional groups attached to an aromatic ring is 1. The van der Waals surface area contributed by atoms with Gasteiger partial charge in [-0.1, -0.05) is 32.7 Å². The van der Waals surface area contributed by atoms with Crippen LogP contribution in [0.3, 0.4) is 0 Å². The third kappa shape index (κ3) is 5.29. The highest BCUT2D eigenvalue weighted by atomic mass is 32.1. The van der Waals surface area contributed by atoms with Gasteiger partial charge in [0, 0.05) is 25.4 Å². The van der Waals surface area contributed by atoms with Crippen molar-refractivity contribution in [1.29, 1.82) is 5.41 Å². The van der Waals surface area contributed by atoms with Gasteiger partial charge in [-0.15, -0.1) is 0 Å². The van der Waals surface area contributed by atoms with E-state index in [1.54, 1.807) is 12.1 Å². The Kier molecular flexibility index (Phi) is 6.99. The number of thiol groups is 1. The fourth-order valence-electron chi connectivity index (χ4n) is 3.14. The number of piperidine rings is 1. The van der Waals surface area contributed by atoms with E-state index in [0.29, 0.717) is 35.9 Å². The lowest BCUT2D eigenvalue weighted by molar-refractivity contribution is -0.134. The van der Waals surface area contributed by atoms with Crippen LogP contribution < -0.4 is 15.2 Å². The number of nitrogens with one attached hydrogen (secondary N) is 2. The van der Waals surface area contributed by atoms with Crippen LogP contribution in [0.4, 0.5) is 5.69 Å². The molecule has 1 atom stereocenters. The van der Waals surface area contributed by atoms with Crippen molar-refractivity contribution in [3.05, 3.63) is 23.8 Å². The lowest BCUT2D eigenvalue weighted by atomic mass is 9.98. The van der Waals surface area contributed by atoms with E-state index in [2.05, 4.69) is 31.4 Å². The molecule has 6 nitrogen and oxygen atoms in total.